The molecule has 1 N–H and O–H groups in total. The molecule has 4 rings (SSSR count). The van der Waals surface area contributed by atoms with Gasteiger partial charge in [0.05, 0.1) is 21.2 Å². The molecule has 2 aromatic carbocycles. The van der Waals surface area contributed by atoms with Crippen LogP contribution < -0.4 is 5.56 Å². The van der Waals surface area contributed by atoms with Gasteiger partial charge in [-0.2, -0.15) is 0 Å². The highest BCUT2D eigenvalue weighted by Gasteiger charge is 2.18. The lowest BCUT2D eigenvalue weighted by Crippen LogP contribution is -2.20. The van der Waals surface area contributed by atoms with Gasteiger partial charge in [-0.25, -0.2) is 0 Å². The number of hydrogen-bond acceptors (Lipinski definition) is 1. The Balaban J connectivity index is 1.94. The third kappa shape index (κ3) is 3.07. The van der Waals surface area contributed by atoms with Crippen LogP contribution in [-0.4, -0.2) is 9.55 Å². The Morgan fingerprint density at radius 1 is 0.963 bits per heavy atom. The van der Waals surface area contributed by atoms with Crippen molar-refractivity contribution in [3.63, 3.8) is 0 Å². The van der Waals surface area contributed by atoms with E-state index >= 15 is 0 Å². The van der Waals surface area contributed by atoms with Crippen LogP contribution in [0.3, 0.4) is 0 Å². The number of benzene rings is 2. The number of H-pyrrole nitrogens is 1. The number of pyridine rings is 1. The second kappa shape index (κ2) is 6.91. The van der Waals surface area contributed by atoms with Crippen LogP contribution in [-0.2, 0) is 6.42 Å². The molecule has 0 atom stereocenters. The summed E-state index contributed by atoms with van der Waals surface area (Å²) in [6, 6.07) is 17.1. The largest absolute Gasteiger partial charge is 0.358 e. The van der Waals surface area contributed by atoms with Gasteiger partial charge in [-0.05, 0) is 37.1 Å². The first kappa shape index (κ1) is 17.9. The van der Waals surface area contributed by atoms with Gasteiger partial charge in [-0.3, -0.25) is 9.36 Å². The molecular formula is C22H18Cl2N2O. The van der Waals surface area contributed by atoms with E-state index in [1.54, 1.807) is 28.8 Å². The van der Waals surface area contributed by atoms with Gasteiger partial charge >= 0.3 is 0 Å². The third-order valence-electron chi connectivity index (χ3n) is 4.95. The molecule has 136 valence electrons. The molecule has 0 amide bonds. The molecule has 0 fully saturated rings. The second-order valence-electron chi connectivity index (χ2n) is 6.65. The lowest BCUT2D eigenvalue weighted by molar-refractivity contribution is 0.950. The number of halogens is 2. The van der Waals surface area contributed by atoms with Gasteiger partial charge < -0.3 is 4.98 Å². The van der Waals surface area contributed by atoms with Crippen molar-refractivity contribution in [2.24, 2.45) is 0 Å². The average molecular weight is 397 g/mol. The van der Waals surface area contributed by atoms with Crippen molar-refractivity contribution in [3.8, 4) is 5.69 Å². The molecule has 27 heavy (non-hydrogen) atoms. The summed E-state index contributed by atoms with van der Waals surface area (Å²) in [6.07, 6.45) is 0.780. The van der Waals surface area contributed by atoms with Crippen LogP contribution in [0, 0.1) is 13.8 Å². The molecule has 0 unspecified atom stereocenters. The predicted octanol–water partition coefficient (Wildman–Crippen LogP) is 5.83. The molecule has 0 aliphatic rings. The molecule has 0 aliphatic carbocycles. The summed E-state index contributed by atoms with van der Waals surface area (Å²) in [4.78, 5) is 16.3. The number of aromatic nitrogens is 2. The summed E-state index contributed by atoms with van der Waals surface area (Å²) >= 11 is 12.7. The van der Waals surface area contributed by atoms with Gasteiger partial charge in [0.1, 0.15) is 0 Å². The Kier molecular flexibility index (Phi) is 4.58. The highest BCUT2D eigenvalue weighted by atomic mass is 35.5. The van der Waals surface area contributed by atoms with E-state index in [2.05, 4.69) is 24.0 Å². The third-order valence-corrected chi connectivity index (χ3v) is 5.56. The van der Waals surface area contributed by atoms with Gasteiger partial charge in [0.15, 0.2) is 0 Å². The molecular weight excluding hydrogens is 379 g/mol. The molecule has 0 bridgehead atoms. The Labute approximate surface area is 167 Å². The first-order valence-electron chi connectivity index (χ1n) is 8.69. The molecule has 3 nitrogen and oxygen atoms in total. The molecule has 5 heteroatoms. The smallest absolute Gasteiger partial charge is 0.257 e. The monoisotopic (exact) mass is 396 g/mol. The van der Waals surface area contributed by atoms with Crippen molar-refractivity contribution in [1.82, 2.24) is 9.55 Å². The van der Waals surface area contributed by atoms with Crippen LogP contribution in [0.25, 0.3) is 16.6 Å². The maximum Gasteiger partial charge on any atom is 0.257 e. The fraction of sp³-hybridized carbons (Fsp3) is 0.136. The minimum atomic E-state index is -0.164. The van der Waals surface area contributed by atoms with E-state index < -0.39 is 0 Å². The highest BCUT2D eigenvalue weighted by Crippen LogP contribution is 2.32. The van der Waals surface area contributed by atoms with Gasteiger partial charge in [0.25, 0.3) is 5.56 Å². The van der Waals surface area contributed by atoms with Crippen LogP contribution in [0.1, 0.15) is 22.5 Å². The van der Waals surface area contributed by atoms with Crippen molar-refractivity contribution >= 4 is 34.1 Å². The summed E-state index contributed by atoms with van der Waals surface area (Å²) < 4.78 is 1.60. The first-order valence-corrected chi connectivity index (χ1v) is 9.45. The van der Waals surface area contributed by atoms with Crippen molar-refractivity contribution in [2.45, 2.75) is 20.3 Å². The standard InChI is InChI=1S/C22H18Cl2N2O/c1-13-18(11-15-7-4-3-5-8-15)25-19-12-20(27)26(14(2)21(13)19)22-16(23)9-6-10-17(22)24/h3-10,12,25H,11H2,1-2H3. The lowest BCUT2D eigenvalue weighted by atomic mass is 10.1. The molecule has 0 aliphatic heterocycles. The number of nitrogens with zero attached hydrogens (tertiary/aromatic N) is 1. The highest BCUT2D eigenvalue weighted by molar-refractivity contribution is 6.37. The SMILES string of the molecule is Cc1c(Cc2ccccc2)[nH]c2cc(=O)n(-c3c(Cl)cccc3Cl)c(C)c12. The quantitative estimate of drug-likeness (QED) is 0.464. The number of rotatable bonds is 3. The summed E-state index contributed by atoms with van der Waals surface area (Å²) in [5.74, 6) is 0. The van der Waals surface area contributed by atoms with E-state index in [1.165, 1.54) is 5.56 Å². The lowest BCUT2D eigenvalue weighted by Gasteiger charge is -2.14. The summed E-state index contributed by atoms with van der Waals surface area (Å²) in [5, 5.41) is 1.92. The van der Waals surface area contributed by atoms with Crippen LogP contribution in [0.5, 0.6) is 0 Å². The number of aryl methyl sites for hydroxylation is 2. The predicted molar refractivity (Wildman–Crippen MR) is 113 cm³/mol. The van der Waals surface area contributed by atoms with Crippen LogP contribution in [0.4, 0.5) is 0 Å². The van der Waals surface area contributed by atoms with Gasteiger partial charge in [-0.15, -0.1) is 0 Å². The van der Waals surface area contributed by atoms with Crippen molar-refractivity contribution in [1.29, 1.82) is 0 Å². The van der Waals surface area contributed by atoms with E-state index in [0.717, 1.165) is 34.3 Å². The van der Waals surface area contributed by atoms with Gasteiger partial charge in [0, 0.05) is 29.3 Å². The number of fused-ring (bicyclic) bond motifs is 1. The zero-order valence-corrected chi connectivity index (χ0v) is 16.5. The Hall–Kier alpha value is -2.49. The normalized spacial score (nSPS) is 11.3. The fourth-order valence-corrected chi connectivity index (χ4v) is 4.24. The Morgan fingerprint density at radius 2 is 1.63 bits per heavy atom. The minimum absolute atomic E-state index is 0.164. The number of aromatic amines is 1. The van der Waals surface area contributed by atoms with E-state index in [0.29, 0.717) is 15.7 Å². The number of nitrogens with one attached hydrogen (secondary N) is 1. The topological polar surface area (TPSA) is 37.8 Å². The molecule has 2 aromatic heterocycles. The second-order valence-corrected chi connectivity index (χ2v) is 7.47. The van der Waals surface area contributed by atoms with E-state index in [9.17, 15) is 4.79 Å². The first-order chi connectivity index (χ1) is 13.0. The zero-order chi connectivity index (χ0) is 19.1. The molecule has 0 spiro atoms. The number of hydrogen-bond donors (Lipinski definition) is 1. The zero-order valence-electron chi connectivity index (χ0n) is 15.0. The summed E-state index contributed by atoms with van der Waals surface area (Å²) in [5.41, 5.74) is 5.46. The van der Waals surface area contributed by atoms with Gasteiger partial charge in [-0.1, -0.05) is 59.6 Å². The van der Waals surface area contributed by atoms with Crippen LogP contribution >= 0.6 is 23.2 Å². The molecule has 0 radical (unpaired) electrons. The van der Waals surface area contributed by atoms with E-state index in [4.69, 9.17) is 23.2 Å². The Bertz CT molecular complexity index is 1190. The summed E-state index contributed by atoms with van der Waals surface area (Å²) in [6.45, 7) is 4.00. The maximum atomic E-state index is 12.9. The van der Waals surface area contributed by atoms with Crippen LogP contribution in [0.2, 0.25) is 10.0 Å². The summed E-state index contributed by atoms with van der Waals surface area (Å²) in [7, 11) is 0. The van der Waals surface area contributed by atoms with Crippen molar-refractivity contribution < 1.29 is 0 Å². The maximum absolute atomic E-state index is 12.9. The Morgan fingerprint density at radius 3 is 2.30 bits per heavy atom. The van der Waals surface area contributed by atoms with Gasteiger partial charge in [0.2, 0.25) is 0 Å². The van der Waals surface area contributed by atoms with Crippen molar-refractivity contribution in [3.05, 3.63) is 97.5 Å². The van der Waals surface area contributed by atoms with E-state index in [-0.39, 0.29) is 5.56 Å². The fourth-order valence-electron chi connectivity index (χ4n) is 3.67. The molecule has 0 saturated carbocycles. The molecule has 4 aromatic rings. The minimum Gasteiger partial charge on any atom is -0.358 e. The molecule has 2 heterocycles. The van der Waals surface area contributed by atoms with E-state index in [1.807, 2.05) is 25.1 Å². The van der Waals surface area contributed by atoms with Crippen LogP contribution in [0.15, 0.2) is 59.4 Å². The average Bonchev–Trinajstić information content (AvgIpc) is 2.93. The number of para-hydroxylation sites is 1. The van der Waals surface area contributed by atoms with Crippen molar-refractivity contribution in [2.75, 3.05) is 0 Å². The molecule has 0 saturated heterocycles.